The molecule has 0 N–H and O–H groups in total. The summed E-state index contributed by atoms with van der Waals surface area (Å²) >= 11 is 0. The van der Waals surface area contributed by atoms with Crippen LogP contribution in [0, 0.1) is 5.82 Å². The van der Waals surface area contributed by atoms with Crippen molar-refractivity contribution in [2.45, 2.75) is 11.8 Å². The van der Waals surface area contributed by atoms with Gasteiger partial charge in [0, 0.05) is 18.0 Å². The Morgan fingerprint density at radius 3 is 2.24 bits per heavy atom. The van der Waals surface area contributed by atoms with Crippen LogP contribution in [0.3, 0.4) is 0 Å². The van der Waals surface area contributed by atoms with Crippen LogP contribution in [0.5, 0.6) is 0 Å². The zero-order chi connectivity index (χ0) is 24.1. The van der Waals surface area contributed by atoms with Gasteiger partial charge in [-0.15, -0.1) is 0 Å². The van der Waals surface area contributed by atoms with E-state index in [1.807, 2.05) is 6.07 Å². The quantitative estimate of drug-likeness (QED) is 0.415. The van der Waals surface area contributed by atoms with Gasteiger partial charge in [0.2, 0.25) is 5.43 Å². The highest BCUT2D eigenvalue weighted by atomic mass is 19.3. The van der Waals surface area contributed by atoms with Crippen LogP contribution in [0.15, 0.2) is 77.9 Å². The lowest BCUT2D eigenvalue weighted by Gasteiger charge is -2.18. The van der Waals surface area contributed by atoms with E-state index in [4.69, 9.17) is 0 Å². The molecule has 11 heteroatoms. The highest BCUT2D eigenvalue weighted by molar-refractivity contribution is 5.58. The fraction of sp³-hybridized carbons (Fsp3) is 0.174. The van der Waals surface area contributed by atoms with Crippen molar-refractivity contribution < 1.29 is 22.0 Å². The van der Waals surface area contributed by atoms with Crippen LogP contribution >= 0.6 is 0 Å². The van der Waals surface area contributed by atoms with E-state index in [-0.39, 0.29) is 17.1 Å². The number of nitrogens with zero attached hydrogens (tertiary/aromatic N) is 5. The van der Waals surface area contributed by atoms with Gasteiger partial charge in [-0.2, -0.15) is 27.8 Å². The van der Waals surface area contributed by atoms with Gasteiger partial charge in [-0.05, 0) is 36.4 Å². The first-order valence-electron chi connectivity index (χ1n) is 10.2. The number of halogens is 5. The lowest BCUT2D eigenvalue weighted by Crippen LogP contribution is -2.38. The van der Waals surface area contributed by atoms with Gasteiger partial charge in [-0.25, -0.2) is 13.8 Å². The first-order valence-corrected chi connectivity index (χ1v) is 10.2. The maximum atomic E-state index is 14.9. The van der Waals surface area contributed by atoms with Gasteiger partial charge in [0.25, 0.3) is 0 Å². The van der Waals surface area contributed by atoms with E-state index in [9.17, 15) is 26.7 Å². The summed E-state index contributed by atoms with van der Waals surface area (Å²) in [5, 5.41) is 8.48. The Balaban J connectivity index is 1.51. The van der Waals surface area contributed by atoms with E-state index in [1.54, 1.807) is 30.3 Å². The van der Waals surface area contributed by atoms with Crippen molar-refractivity contribution in [1.29, 1.82) is 0 Å². The largest absolute Gasteiger partial charge is 0.359 e. The van der Waals surface area contributed by atoms with Gasteiger partial charge in [0.05, 0.1) is 30.7 Å². The molecule has 1 fully saturated rings. The summed E-state index contributed by atoms with van der Waals surface area (Å²) in [5.74, 6) is -9.30. The predicted octanol–water partition coefficient (Wildman–Crippen LogP) is 4.31. The van der Waals surface area contributed by atoms with Gasteiger partial charge < -0.3 is 4.90 Å². The molecule has 0 aliphatic carbocycles. The van der Waals surface area contributed by atoms with Gasteiger partial charge in [0.1, 0.15) is 5.69 Å². The summed E-state index contributed by atoms with van der Waals surface area (Å²) < 4.78 is 71.7. The van der Waals surface area contributed by atoms with E-state index >= 15 is 0 Å². The summed E-state index contributed by atoms with van der Waals surface area (Å²) in [7, 11) is 0. The fourth-order valence-corrected chi connectivity index (χ4v) is 3.80. The van der Waals surface area contributed by atoms with Crippen LogP contribution in [0.25, 0.3) is 22.8 Å². The minimum absolute atomic E-state index is 0.00570. The van der Waals surface area contributed by atoms with Crippen molar-refractivity contribution in [3.05, 3.63) is 89.1 Å². The lowest BCUT2D eigenvalue weighted by atomic mass is 10.2. The number of alkyl halides is 4. The smallest absolute Gasteiger partial charge is 0.329 e. The molecule has 1 aliphatic rings. The number of aromatic nitrogens is 4. The molecule has 6 nitrogen and oxygen atoms in total. The molecule has 1 saturated heterocycles. The third kappa shape index (κ3) is 3.62. The Morgan fingerprint density at radius 2 is 1.56 bits per heavy atom. The van der Waals surface area contributed by atoms with Crippen molar-refractivity contribution in [3.8, 4) is 22.8 Å². The maximum Gasteiger partial charge on any atom is 0.329 e. The lowest BCUT2D eigenvalue weighted by molar-refractivity contribution is -0.172. The highest BCUT2D eigenvalue weighted by Gasteiger charge is 2.63. The van der Waals surface area contributed by atoms with E-state index in [0.717, 1.165) is 15.6 Å². The van der Waals surface area contributed by atoms with Gasteiger partial charge >= 0.3 is 11.8 Å². The Kier molecular flexibility index (Phi) is 4.99. The molecule has 2 aromatic carbocycles. The Labute approximate surface area is 189 Å². The average molecular weight is 473 g/mol. The van der Waals surface area contributed by atoms with Crippen molar-refractivity contribution in [1.82, 2.24) is 19.6 Å². The minimum atomic E-state index is -4.21. The normalized spacial score (nSPS) is 16.7. The first-order chi connectivity index (χ1) is 16.2. The molecule has 5 rings (SSSR count). The van der Waals surface area contributed by atoms with E-state index in [1.165, 1.54) is 35.3 Å². The molecular weight excluding hydrogens is 457 g/mol. The number of rotatable bonds is 4. The molecule has 0 saturated carbocycles. The molecule has 0 bridgehead atoms. The molecule has 0 unspecified atom stereocenters. The summed E-state index contributed by atoms with van der Waals surface area (Å²) in [6.07, 6.45) is 2.75. The standard InChI is InChI=1S/C23H16F5N5O/c24-17-12-16(31-13-22(25,26)23(27,28)14-31)6-7-18(17)32-11-9-20(34)21(30-32)19-8-10-29-33(19)15-4-2-1-3-5-15/h1-12H,13-14H2. The van der Waals surface area contributed by atoms with Crippen LogP contribution in [-0.4, -0.2) is 44.5 Å². The second-order valence-corrected chi connectivity index (χ2v) is 7.84. The van der Waals surface area contributed by atoms with Crippen LogP contribution in [0.2, 0.25) is 0 Å². The third-order valence-electron chi connectivity index (χ3n) is 5.55. The molecule has 0 atom stereocenters. The number of benzene rings is 2. The molecule has 0 radical (unpaired) electrons. The zero-order valence-electron chi connectivity index (χ0n) is 17.4. The zero-order valence-corrected chi connectivity index (χ0v) is 17.4. The van der Waals surface area contributed by atoms with Gasteiger partial charge in [-0.1, -0.05) is 18.2 Å². The average Bonchev–Trinajstić information content (AvgIpc) is 3.37. The van der Waals surface area contributed by atoms with Gasteiger partial charge in [0.15, 0.2) is 11.5 Å². The molecule has 174 valence electrons. The Morgan fingerprint density at radius 1 is 0.853 bits per heavy atom. The molecule has 1 aliphatic heterocycles. The summed E-state index contributed by atoms with van der Waals surface area (Å²) in [6, 6.07) is 15.2. The number of para-hydroxylation sites is 1. The summed E-state index contributed by atoms with van der Waals surface area (Å²) in [5.41, 5.74) is 0.451. The second-order valence-electron chi connectivity index (χ2n) is 7.84. The predicted molar refractivity (Wildman–Crippen MR) is 114 cm³/mol. The summed E-state index contributed by atoms with van der Waals surface area (Å²) in [4.78, 5) is 13.3. The number of anilines is 1. The fourth-order valence-electron chi connectivity index (χ4n) is 3.80. The van der Waals surface area contributed by atoms with Gasteiger partial charge in [-0.3, -0.25) is 4.79 Å². The van der Waals surface area contributed by atoms with E-state index in [2.05, 4.69) is 10.2 Å². The highest BCUT2D eigenvalue weighted by Crippen LogP contribution is 2.42. The third-order valence-corrected chi connectivity index (χ3v) is 5.55. The van der Waals surface area contributed by atoms with Crippen molar-refractivity contribution in [3.63, 3.8) is 0 Å². The molecule has 34 heavy (non-hydrogen) atoms. The molecule has 0 spiro atoms. The topological polar surface area (TPSA) is 56.0 Å². The van der Waals surface area contributed by atoms with E-state index in [0.29, 0.717) is 11.4 Å². The molecule has 3 heterocycles. The second kappa shape index (κ2) is 7.79. The summed E-state index contributed by atoms with van der Waals surface area (Å²) in [6.45, 7) is -2.44. The maximum absolute atomic E-state index is 14.9. The molecule has 4 aromatic rings. The van der Waals surface area contributed by atoms with Crippen molar-refractivity contribution in [2.75, 3.05) is 18.0 Å². The number of hydrogen-bond acceptors (Lipinski definition) is 4. The van der Waals surface area contributed by atoms with Crippen molar-refractivity contribution >= 4 is 5.69 Å². The first kappa shape index (κ1) is 21.8. The van der Waals surface area contributed by atoms with Crippen LogP contribution in [-0.2, 0) is 0 Å². The van der Waals surface area contributed by atoms with Crippen LogP contribution in [0.1, 0.15) is 0 Å². The van der Waals surface area contributed by atoms with E-state index < -0.39 is 36.2 Å². The minimum Gasteiger partial charge on any atom is -0.359 e. The van der Waals surface area contributed by atoms with Crippen molar-refractivity contribution in [2.24, 2.45) is 0 Å². The van der Waals surface area contributed by atoms with Crippen LogP contribution < -0.4 is 10.3 Å². The number of hydrogen-bond donors (Lipinski definition) is 0. The Bertz CT molecular complexity index is 1400. The molecular formula is C23H16F5N5O. The SMILES string of the molecule is O=c1ccn(-c2ccc(N3CC(F)(F)C(F)(F)C3)cc2F)nc1-c1ccnn1-c1ccccc1. The van der Waals surface area contributed by atoms with Crippen LogP contribution in [0.4, 0.5) is 27.6 Å². The monoisotopic (exact) mass is 473 g/mol. The molecule has 0 amide bonds. The Hall–Kier alpha value is -4.02. The molecule has 2 aromatic heterocycles.